The molecular weight excluding hydrogens is 1520 g/mol. The highest BCUT2D eigenvalue weighted by atomic mass is 16.6. The van der Waals surface area contributed by atoms with Gasteiger partial charge in [-0.25, -0.2) is 9.59 Å². The summed E-state index contributed by atoms with van der Waals surface area (Å²) in [7, 11) is 6.46. The van der Waals surface area contributed by atoms with Crippen molar-refractivity contribution in [2.45, 2.75) is 0 Å². The SMILES string of the molecule is COCCOCCOCCOc1cc(C#Cc2cc(OCCOCCOCCOC(=O)c3ccncc3)c(C#Cc3cc(OCCOCCOCCOC)c(C#Cc4ccccc4)cc3OCCOCCOCCOC)cc2OCCOCCOCCOC(=O)c2ccncc2)c(OCCOCCOCCOC)cc1C#Cc1ccccc1. The number of carbonyl (C=O) groups is 2. The van der Waals surface area contributed by atoms with Gasteiger partial charge < -0.3 is 114 Å². The molecule has 0 N–H and O–H groups in total. The van der Waals surface area contributed by atoms with Crippen molar-refractivity contribution in [2.75, 3.05) is 266 Å². The molecule has 7 rings (SSSR count). The molecule has 5 aromatic carbocycles. The third-order valence-corrected chi connectivity index (χ3v) is 15.8. The van der Waals surface area contributed by atoms with Gasteiger partial charge in [0.05, 0.1) is 230 Å². The van der Waals surface area contributed by atoms with Crippen molar-refractivity contribution in [1.82, 2.24) is 9.97 Å². The Balaban J connectivity index is 1.29. The Bertz CT molecular complexity index is 3890. The molecular formula is C90H108N2O26. The number of rotatable bonds is 62. The molecule has 0 aliphatic carbocycles. The first kappa shape index (κ1) is 94.9. The van der Waals surface area contributed by atoms with Crippen molar-refractivity contribution < 1.29 is 123 Å². The van der Waals surface area contributed by atoms with Crippen molar-refractivity contribution in [3.63, 3.8) is 0 Å². The Morgan fingerprint density at radius 3 is 0.627 bits per heavy atom. The third-order valence-electron chi connectivity index (χ3n) is 15.8. The number of nitrogens with zero attached hydrogens (tertiary/aromatic N) is 2. The highest BCUT2D eigenvalue weighted by Gasteiger charge is 2.18. The fraction of sp³-hybridized carbons (Fsp3) is 0.444. The van der Waals surface area contributed by atoms with Crippen LogP contribution in [0.5, 0.6) is 34.5 Å². The second-order valence-electron chi connectivity index (χ2n) is 24.4. The Morgan fingerprint density at radius 2 is 0.415 bits per heavy atom. The summed E-state index contributed by atoms with van der Waals surface area (Å²) in [5.41, 5.74) is 4.96. The maximum Gasteiger partial charge on any atom is 0.338 e. The molecule has 118 heavy (non-hydrogen) atoms. The van der Waals surface area contributed by atoms with Crippen LogP contribution in [-0.4, -0.2) is 288 Å². The van der Waals surface area contributed by atoms with Crippen LogP contribution >= 0.6 is 0 Å². The largest absolute Gasteiger partial charge is 0.490 e. The van der Waals surface area contributed by atoms with Gasteiger partial charge in [-0.15, -0.1) is 0 Å². The van der Waals surface area contributed by atoms with Crippen molar-refractivity contribution in [1.29, 1.82) is 0 Å². The van der Waals surface area contributed by atoms with E-state index in [4.69, 9.17) is 114 Å². The summed E-state index contributed by atoms with van der Waals surface area (Å²) in [6, 6.07) is 36.1. The molecule has 0 aliphatic rings. The van der Waals surface area contributed by atoms with Gasteiger partial charge in [0.2, 0.25) is 0 Å². The standard InChI is InChI=1S/C90H108N2O26/c1-95-31-35-99-39-43-103-51-59-111-83-69-79(85(113-61-53-105-45-41-101-37-33-97-3)67-77(83)17-15-73-11-7-5-8-12-73)19-21-81-71-88(116-64-56-108-48-50-110-58-66-118-90(94)76-25-29-92-30-26-76)82(72-87(81)115-63-55-107-47-49-109-57-65-117-89(93)75-23-27-91-28-24-75)22-20-80-70-84(112-60-52-104-44-40-100-36-32-96-2)78(18-16-74-13-9-6-10-14-74)68-86(80)114-62-54-106-46-42-102-38-34-98-4/h5-14,23-30,67-72H,31-66H2,1-4H3. The van der Waals surface area contributed by atoms with Crippen LogP contribution in [0.15, 0.2) is 146 Å². The van der Waals surface area contributed by atoms with E-state index in [1.54, 1.807) is 89.1 Å². The Hall–Kier alpha value is -10.3. The van der Waals surface area contributed by atoms with Gasteiger partial charge in [0, 0.05) is 101 Å². The summed E-state index contributed by atoms with van der Waals surface area (Å²) < 4.78 is 140. The minimum atomic E-state index is -0.484. The second-order valence-corrected chi connectivity index (χ2v) is 24.4. The molecule has 0 saturated carbocycles. The van der Waals surface area contributed by atoms with Gasteiger partial charge in [-0.1, -0.05) is 83.8 Å². The maximum absolute atomic E-state index is 12.5. The van der Waals surface area contributed by atoms with Gasteiger partial charge in [-0.3, -0.25) is 9.97 Å². The zero-order valence-electron chi connectivity index (χ0n) is 67.8. The monoisotopic (exact) mass is 1630 g/mol. The van der Waals surface area contributed by atoms with Crippen LogP contribution in [0.4, 0.5) is 0 Å². The van der Waals surface area contributed by atoms with E-state index in [9.17, 15) is 9.59 Å². The minimum Gasteiger partial charge on any atom is -0.490 e. The van der Waals surface area contributed by atoms with E-state index < -0.39 is 11.9 Å². The normalized spacial score (nSPS) is 10.7. The van der Waals surface area contributed by atoms with E-state index in [1.807, 2.05) is 60.7 Å². The summed E-state index contributed by atoms with van der Waals surface area (Å²) >= 11 is 0. The smallest absolute Gasteiger partial charge is 0.338 e. The zero-order chi connectivity index (χ0) is 82.9. The van der Waals surface area contributed by atoms with Crippen LogP contribution in [0.25, 0.3) is 0 Å². The van der Waals surface area contributed by atoms with Crippen LogP contribution in [-0.2, 0) is 85.3 Å². The molecule has 0 fully saturated rings. The Morgan fingerprint density at radius 1 is 0.229 bits per heavy atom. The Kier molecular flexibility index (Phi) is 50.6. The molecule has 0 spiro atoms. The van der Waals surface area contributed by atoms with E-state index in [2.05, 4.69) is 57.3 Å². The van der Waals surface area contributed by atoms with Crippen molar-refractivity contribution >= 4 is 11.9 Å². The van der Waals surface area contributed by atoms with E-state index in [-0.39, 0.29) is 132 Å². The molecule has 0 amide bonds. The molecule has 0 unspecified atom stereocenters. The van der Waals surface area contributed by atoms with Gasteiger partial charge in [0.1, 0.15) is 87.4 Å². The quantitative estimate of drug-likeness (QED) is 0.0195. The molecule has 0 aliphatic heterocycles. The molecule has 28 nitrogen and oxygen atoms in total. The number of carbonyl (C=O) groups excluding carboxylic acids is 2. The number of hydrogen-bond acceptors (Lipinski definition) is 28. The first-order valence-electron chi connectivity index (χ1n) is 38.9. The lowest BCUT2D eigenvalue weighted by Gasteiger charge is -2.15. The summed E-state index contributed by atoms with van der Waals surface area (Å²) in [4.78, 5) is 32.9. The fourth-order valence-corrected chi connectivity index (χ4v) is 9.87. The van der Waals surface area contributed by atoms with Gasteiger partial charge in [0.15, 0.2) is 0 Å². The number of esters is 2. The van der Waals surface area contributed by atoms with Crippen LogP contribution in [0.2, 0.25) is 0 Å². The van der Waals surface area contributed by atoms with E-state index >= 15 is 0 Å². The van der Waals surface area contributed by atoms with Crippen LogP contribution in [0, 0.1) is 47.4 Å². The molecule has 0 radical (unpaired) electrons. The lowest BCUT2D eigenvalue weighted by Crippen LogP contribution is -2.15. The van der Waals surface area contributed by atoms with E-state index in [1.165, 1.54) is 24.8 Å². The second kappa shape index (κ2) is 62.9. The van der Waals surface area contributed by atoms with Crippen molar-refractivity contribution in [3.05, 3.63) is 202 Å². The fourth-order valence-electron chi connectivity index (χ4n) is 9.87. The van der Waals surface area contributed by atoms with Gasteiger partial charge in [-0.05, 0) is 48.5 Å². The van der Waals surface area contributed by atoms with E-state index in [0.29, 0.717) is 185 Å². The van der Waals surface area contributed by atoms with E-state index in [0.717, 1.165) is 11.1 Å². The van der Waals surface area contributed by atoms with Gasteiger partial charge >= 0.3 is 11.9 Å². The number of methoxy groups -OCH3 is 4. The highest BCUT2D eigenvalue weighted by molar-refractivity contribution is 5.89. The molecule has 634 valence electrons. The first-order valence-corrected chi connectivity index (χ1v) is 38.9. The van der Waals surface area contributed by atoms with Gasteiger partial charge in [-0.2, -0.15) is 0 Å². The summed E-state index contributed by atoms with van der Waals surface area (Å²) in [6.07, 6.45) is 6.07. The molecule has 0 bridgehead atoms. The molecule has 0 atom stereocenters. The lowest BCUT2D eigenvalue weighted by atomic mass is 10.0. The summed E-state index contributed by atoms with van der Waals surface area (Å²) in [5.74, 6) is 27.9. The average Bonchev–Trinajstić information content (AvgIpc) is 0.813. The van der Waals surface area contributed by atoms with Crippen LogP contribution < -0.4 is 28.4 Å². The third kappa shape index (κ3) is 41.2. The predicted molar refractivity (Wildman–Crippen MR) is 435 cm³/mol. The Labute approximate surface area is 692 Å². The number of pyridine rings is 2. The molecule has 28 heteroatoms. The molecule has 2 aromatic heterocycles. The topological polar surface area (TPSA) is 281 Å². The minimum absolute atomic E-state index is 0.0321. The highest BCUT2D eigenvalue weighted by Crippen LogP contribution is 2.33. The lowest BCUT2D eigenvalue weighted by molar-refractivity contribution is 0.0102. The predicted octanol–water partition coefficient (Wildman–Crippen LogP) is 8.85. The number of ether oxygens (including phenoxy) is 24. The summed E-state index contributed by atoms with van der Waals surface area (Å²) in [5, 5.41) is 0. The van der Waals surface area contributed by atoms with Crippen LogP contribution in [0.3, 0.4) is 0 Å². The zero-order valence-corrected chi connectivity index (χ0v) is 67.8. The number of benzene rings is 5. The van der Waals surface area contributed by atoms with Crippen molar-refractivity contribution in [3.8, 4) is 81.9 Å². The molecule has 0 saturated heterocycles. The molecule has 2 heterocycles. The van der Waals surface area contributed by atoms with Gasteiger partial charge in [0.25, 0.3) is 0 Å². The van der Waals surface area contributed by atoms with Crippen LogP contribution in [0.1, 0.15) is 65.2 Å². The molecule has 7 aromatic rings. The number of hydrogen-bond donors (Lipinski definition) is 0. The van der Waals surface area contributed by atoms with Crippen molar-refractivity contribution in [2.24, 2.45) is 0 Å². The maximum atomic E-state index is 12.5. The summed E-state index contributed by atoms with van der Waals surface area (Å²) in [6.45, 7) is 9.27. The average molecular weight is 1630 g/mol. The number of aromatic nitrogens is 2. The first-order chi connectivity index (χ1) is 58.3.